The molecule has 4 rings (SSSR count). The van der Waals surface area contributed by atoms with Gasteiger partial charge in [-0.25, -0.2) is 4.98 Å². The smallest absolute Gasteiger partial charge is 0.229 e. The van der Waals surface area contributed by atoms with E-state index in [0.29, 0.717) is 29.6 Å². The lowest BCUT2D eigenvalue weighted by Crippen LogP contribution is -2.10. The van der Waals surface area contributed by atoms with Gasteiger partial charge in [0.2, 0.25) is 5.95 Å². The Hall–Kier alpha value is -5.12. The summed E-state index contributed by atoms with van der Waals surface area (Å²) in [5.74, 6) is 2.69. The van der Waals surface area contributed by atoms with Crippen molar-refractivity contribution in [1.29, 1.82) is 10.5 Å². The zero-order chi connectivity index (χ0) is 27.8. The summed E-state index contributed by atoms with van der Waals surface area (Å²) in [7, 11) is 4.00. The Morgan fingerprint density at radius 1 is 0.974 bits per heavy atom. The molecule has 0 unspecified atom stereocenters. The van der Waals surface area contributed by atoms with Crippen molar-refractivity contribution in [2.75, 3.05) is 30.0 Å². The Labute approximate surface area is 228 Å². The summed E-state index contributed by atoms with van der Waals surface area (Å²) in [5, 5.41) is 28.0. The second-order valence-corrected chi connectivity index (χ2v) is 9.35. The molecule has 196 valence electrons. The molecule has 0 fully saturated rings. The number of rotatable bonds is 10. The third kappa shape index (κ3) is 7.22. The van der Waals surface area contributed by atoms with Crippen molar-refractivity contribution in [1.82, 2.24) is 14.9 Å². The van der Waals surface area contributed by atoms with E-state index < -0.39 is 0 Å². The molecule has 39 heavy (non-hydrogen) atoms. The standard InChI is InChI=1S/C30H30N8O/c1-20-14-23(6-5-13-31)15-21(2)28(20)36-29-27(33-17-25-11-12-26(39-25)19-38(3)4)18-34-30(37-29)35-24-9-7-22(16-32)8-10-24/h5-12,14-15,18,33H,17,19H2,1-4H3,(H2,34,35,36,37)/b6-5+. The van der Waals surface area contributed by atoms with Crippen LogP contribution in [0.25, 0.3) is 6.08 Å². The van der Waals surface area contributed by atoms with Crippen LogP contribution < -0.4 is 16.0 Å². The van der Waals surface area contributed by atoms with E-state index in [1.165, 1.54) is 6.08 Å². The first-order chi connectivity index (χ1) is 18.8. The van der Waals surface area contributed by atoms with E-state index >= 15 is 0 Å². The predicted octanol–water partition coefficient (Wildman–Crippen LogP) is 6.26. The quantitative estimate of drug-likeness (QED) is 0.209. The maximum atomic E-state index is 9.07. The number of aromatic nitrogens is 2. The van der Waals surface area contributed by atoms with Gasteiger partial charge in [0.05, 0.1) is 42.7 Å². The van der Waals surface area contributed by atoms with Gasteiger partial charge in [-0.05, 0) is 99.2 Å². The average molecular weight is 519 g/mol. The number of benzene rings is 2. The number of hydrogen-bond donors (Lipinski definition) is 3. The normalized spacial score (nSPS) is 10.8. The molecule has 9 nitrogen and oxygen atoms in total. The number of anilines is 5. The van der Waals surface area contributed by atoms with Gasteiger partial charge >= 0.3 is 0 Å². The lowest BCUT2D eigenvalue weighted by molar-refractivity contribution is 0.343. The second kappa shape index (κ2) is 12.4. The molecule has 0 amide bonds. The molecule has 0 spiro atoms. The molecule has 0 saturated carbocycles. The van der Waals surface area contributed by atoms with Crippen LogP contribution in [0.3, 0.4) is 0 Å². The van der Waals surface area contributed by atoms with Crippen LogP contribution in [0.4, 0.5) is 28.8 Å². The van der Waals surface area contributed by atoms with Crippen LogP contribution in [0.15, 0.2) is 65.2 Å². The fraction of sp³-hybridized carbons (Fsp3) is 0.200. The van der Waals surface area contributed by atoms with E-state index in [1.807, 2.05) is 70.4 Å². The van der Waals surface area contributed by atoms with Crippen LogP contribution in [0, 0.1) is 36.5 Å². The van der Waals surface area contributed by atoms with Gasteiger partial charge in [-0.1, -0.05) is 0 Å². The van der Waals surface area contributed by atoms with Gasteiger partial charge in [0.15, 0.2) is 5.82 Å². The van der Waals surface area contributed by atoms with Crippen molar-refractivity contribution in [2.24, 2.45) is 0 Å². The molecule has 3 N–H and O–H groups in total. The molecule has 2 heterocycles. The number of nitrogens with one attached hydrogen (secondary N) is 3. The SMILES string of the molecule is Cc1cc(/C=C/C#N)cc(C)c1Nc1nc(Nc2ccc(C#N)cc2)ncc1NCc1ccc(CN(C)C)o1. The highest BCUT2D eigenvalue weighted by Gasteiger charge is 2.13. The highest BCUT2D eigenvalue weighted by atomic mass is 16.3. The van der Waals surface area contributed by atoms with Gasteiger partial charge in [-0.2, -0.15) is 15.5 Å². The molecule has 0 aliphatic heterocycles. The van der Waals surface area contributed by atoms with E-state index in [0.717, 1.165) is 46.1 Å². The molecule has 2 aromatic heterocycles. The second-order valence-electron chi connectivity index (χ2n) is 9.35. The largest absolute Gasteiger partial charge is 0.463 e. The van der Waals surface area contributed by atoms with E-state index in [9.17, 15) is 0 Å². The zero-order valence-corrected chi connectivity index (χ0v) is 22.4. The minimum atomic E-state index is 0.405. The van der Waals surface area contributed by atoms with Crippen LogP contribution in [-0.4, -0.2) is 29.0 Å². The summed E-state index contributed by atoms with van der Waals surface area (Å²) >= 11 is 0. The maximum Gasteiger partial charge on any atom is 0.229 e. The summed E-state index contributed by atoms with van der Waals surface area (Å²) in [6.07, 6.45) is 4.97. The fourth-order valence-electron chi connectivity index (χ4n) is 4.06. The highest BCUT2D eigenvalue weighted by Crippen LogP contribution is 2.31. The lowest BCUT2D eigenvalue weighted by atomic mass is 10.0. The number of aryl methyl sites for hydroxylation is 2. The van der Waals surface area contributed by atoms with Crippen LogP contribution in [0.1, 0.15) is 33.8 Å². The lowest BCUT2D eigenvalue weighted by Gasteiger charge is -2.17. The number of furan rings is 1. The number of nitriles is 2. The Bertz CT molecular complexity index is 1530. The molecular formula is C30H30N8O. The summed E-state index contributed by atoms with van der Waals surface area (Å²) in [6, 6.07) is 19.2. The molecule has 0 atom stereocenters. The molecule has 0 aliphatic carbocycles. The molecule has 2 aromatic carbocycles. The highest BCUT2D eigenvalue weighted by molar-refractivity contribution is 5.76. The van der Waals surface area contributed by atoms with Gasteiger partial charge in [-0.3, -0.25) is 0 Å². The van der Waals surface area contributed by atoms with Gasteiger partial charge in [0, 0.05) is 17.5 Å². The first-order valence-electron chi connectivity index (χ1n) is 12.4. The summed E-state index contributed by atoms with van der Waals surface area (Å²) in [6.45, 7) is 5.21. The van der Waals surface area contributed by atoms with Crippen LogP contribution in [0.2, 0.25) is 0 Å². The average Bonchev–Trinajstić information content (AvgIpc) is 3.36. The summed E-state index contributed by atoms with van der Waals surface area (Å²) in [5.41, 5.74) is 5.95. The van der Waals surface area contributed by atoms with Crippen molar-refractivity contribution in [2.45, 2.75) is 26.9 Å². The van der Waals surface area contributed by atoms with Gasteiger partial charge in [0.1, 0.15) is 11.5 Å². The zero-order valence-electron chi connectivity index (χ0n) is 22.4. The van der Waals surface area contributed by atoms with Crippen LogP contribution in [0.5, 0.6) is 0 Å². The predicted molar refractivity (Wildman–Crippen MR) is 154 cm³/mol. The number of hydrogen-bond acceptors (Lipinski definition) is 9. The van der Waals surface area contributed by atoms with Crippen molar-refractivity contribution in [3.63, 3.8) is 0 Å². The first-order valence-corrected chi connectivity index (χ1v) is 12.4. The van der Waals surface area contributed by atoms with Crippen LogP contribution in [-0.2, 0) is 13.1 Å². The first kappa shape index (κ1) is 26.9. The Kier molecular flexibility index (Phi) is 8.57. The number of allylic oxidation sites excluding steroid dienone is 1. The molecular weight excluding hydrogens is 488 g/mol. The van der Waals surface area contributed by atoms with Crippen molar-refractivity contribution in [3.8, 4) is 12.1 Å². The minimum absolute atomic E-state index is 0.405. The van der Waals surface area contributed by atoms with Crippen LogP contribution >= 0.6 is 0 Å². The third-order valence-electron chi connectivity index (χ3n) is 5.85. The van der Waals surface area contributed by atoms with Gasteiger partial charge < -0.3 is 25.3 Å². The molecule has 0 saturated heterocycles. The van der Waals surface area contributed by atoms with E-state index in [4.69, 9.17) is 19.9 Å². The van der Waals surface area contributed by atoms with Gasteiger partial charge in [0.25, 0.3) is 0 Å². The molecule has 0 bridgehead atoms. The minimum Gasteiger partial charge on any atom is -0.463 e. The Morgan fingerprint density at radius 2 is 1.69 bits per heavy atom. The Balaban J connectivity index is 1.62. The molecule has 9 heteroatoms. The Morgan fingerprint density at radius 3 is 2.36 bits per heavy atom. The van der Waals surface area contributed by atoms with Gasteiger partial charge in [-0.15, -0.1) is 0 Å². The maximum absolute atomic E-state index is 9.07. The number of nitrogens with zero attached hydrogens (tertiary/aromatic N) is 5. The fourth-order valence-corrected chi connectivity index (χ4v) is 4.06. The molecule has 4 aromatic rings. The van der Waals surface area contributed by atoms with Crippen molar-refractivity contribution < 1.29 is 4.42 Å². The topological polar surface area (TPSA) is 126 Å². The summed E-state index contributed by atoms with van der Waals surface area (Å²) < 4.78 is 5.95. The summed E-state index contributed by atoms with van der Waals surface area (Å²) in [4.78, 5) is 11.3. The van der Waals surface area contributed by atoms with Crippen molar-refractivity contribution >= 4 is 34.9 Å². The van der Waals surface area contributed by atoms with E-state index in [2.05, 4.69) is 31.9 Å². The van der Waals surface area contributed by atoms with Crippen molar-refractivity contribution in [3.05, 3.63) is 94.6 Å². The van der Waals surface area contributed by atoms with E-state index in [-0.39, 0.29) is 0 Å². The van der Waals surface area contributed by atoms with E-state index in [1.54, 1.807) is 24.4 Å². The molecule has 0 aliphatic rings. The third-order valence-corrected chi connectivity index (χ3v) is 5.85. The monoisotopic (exact) mass is 518 g/mol. The molecule has 0 radical (unpaired) electrons.